The van der Waals surface area contributed by atoms with Crippen molar-refractivity contribution >= 4 is 34.2 Å². The van der Waals surface area contributed by atoms with Crippen molar-refractivity contribution in [3.05, 3.63) is 29.0 Å². The van der Waals surface area contributed by atoms with Gasteiger partial charge in [-0.3, -0.25) is 4.99 Å². The predicted molar refractivity (Wildman–Crippen MR) is 71.4 cm³/mol. The Bertz CT molecular complexity index is 474. The van der Waals surface area contributed by atoms with E-state index in [0.717, 1.165) is 23.3 Å². The third kappa shape index (κ3) is 2.58. The molecule has 1 atom stereocenters. The van der Waals surface area contributed by atoms with Crippen LogP contribution in [0.1, 0.15) is 12.8 Å². The molecule has 1 aliphatic heterocycles. The normalized spacial score (nSPS) is 23.6. The Hall–Kier alpha value is -0.740. The molecular weight excluding hydrogens is 259 g/mol. The lowest BCUT2D eigenvalue weighted by Gasteiger charge is -2.09. The lowest BCUT2D eigenvalue weighted by atomic mass is 10.3. The van der Waals surface area contributed by atoms with Crippen LogP contribution < -0.4 is 5.32 Å². The topological polar surface area (TPSA) is 24.4 Å². The van der Waals surface area contributed by atoms with Crippen LogP contribution in [-0.4, -0.2) is 17.0 Å². The predicted octanol–water partition coefficient (Wildman–Crippen LogP) is 3.77. The zero-order valence-corrected chi connectivity index (χ0v) is 10.7. The van der Waals surface area contributed by atoms with Gasteiger partial charge in [-0.1, -0.05) is 23.4 Å². The minimum absolute atomic E-state index is 0.322. The molecule has 90 valence electrons. The summed E-state index contributed by atoms with van der Waals surface area (Å²) in [4.78, 5) is 4.45. The number of aliphatic imine (C=N–C) groups is 1. The molecule has 1 fully saturated rings. The standard InChI is InChI=1S/C12H12ClFN2S/c13-9-5-8(14)3-4-10(9)16-12-15-6-11(17-12)7-1-2-7/h3-5,7,11H,1-2,6H2,(H,15,16). The summed E-state index contributed by atoms with van der Waals surface area (Å²) in [5.41, 5.74) is 0.718. The highest BCUT2D eigenvalue weighted by Crippen LogP contribution is 2.42. The second-order valence-electron chi connectivity index (χ2n) is 4.39. The van der Waals surface area contributed by atoms with Gasteiger partial charge < -0.3 is 5.32 Å². The van der Waals surface area contributed by atoms with Crippen molar-refractivity contribution in [3.8, 4) is 0 Å². The highest BCUT2D eigenvalue weighted by atomic mass is 35.5. The minimum Gasteiger partial charge on any atom is -0.334 e. The maximum atomic E-state index is 12.9. The molecule has 1 aromatic rings. The van der Waals surface area contributed by atoms with Crippen LogP contribution in [0.3, 0.4) is 0 Å². The monoisotopic (exact) mass is 270 g/mol. The molecule has 1 aliphatic carbocycles. The van der Waals surface area contributed by atoms with E-state index in [-0.39, 0.29) is 5.82 Å². The first-order chi connectivity index (χ1) is 8.22. The summed E-state index contributed by atoms with van der Waals surface area (Å²) >= 11 is 7.73. The minimum atomic E-state index is -0.322. The summed E-state index contributed by atoms with van der Waals surface area (Å²) in [6, 6.07) is 4.35. The molecule has 5 heteroatoms. The number of benzene rings is 1. The molecule has 1 heterocycles. The first kappa shape index (κ1) is 11.4. The van der Waals surface area contributed by atoms with Gasteiger partial charge in [0.25, 0.3) is 0 Å². The fourth-order valence-electron chi connectivity index (χ4n) is 1.88. The van der Waals surface area contributed by atoms with Crippen molar-refractivity contribution in [2.45, 2.75) is 18.1 Å². The molecule has 1 saturated carbocycles. The van der Waals surface area contributed by atoms with E-state index >= 15 is 0 Å². The zero-order chi connectivity index (χ0) is 11.8. The van der Waals surface area contributed by atoms with E-state index in [2.05, 4.69) is 10.3 Å². The van der Waals surface area contributed by atoms with E-state index in [1.165, 1.54) is 25.0 Å². The van der Waals surface area contributed by atoms with Crippen LogP contribution in [0.15, 0.2) is 23.2 Å². The van der Waals surface area contributed by atoms with Crippen LogP contribution in [0, 0.1) is 11.7 Å². The van der Waals surface area contributed by atoms with Crippen LogP contribution in [0.5, 0.6) is 0 Å². The van der Waals surface area contributed by atoms with Crippen molar-refractivity contribution < 1.29 is 4.39 Å². The van der Waals surface area contributed by atoms with E-state index in [9.17, 15) is 4.39 Å². The van der Waals surface area contributed by atoms with E-state index < -0.39 is 0 Å². The third-order valence-electron chi connectivity index (χ3n) is 3.00. The SMILES string of the molecule is Fc1ccc(NC2=NCC(C3CC3)S2)c(Cl)c1. The molecular formula is C12H12ClFN2S. The van der Waals surface area contributed by atoms with Gasteiger partial charge in [0.2, 0.25) is 0 Å². The highest BCUT2D eigenvalue weighted by Gasteiger charge is 2.35. The largest absolute Gasteiger partial charge is 0.334 e. The number of rotatable bonds is 2. The Morgan fingerprint density at radius 3 is 2.94 bits per heavy atom. The number of anilines is 1. The molecule has 3 rings (SSSR count). The average molecular weight is 271 g/mol. The van der Waals surface area contributed by atoms with Crippen LogP contribution in [0.25, 0.3) is 0 Å². The number of thioether (sulfide) groups is 1. The van der Waals surface area contributed by atoms with Gasteiger partial charge in [-0.2, -0.15) is 0 Å². The van der Waals surface area contributed by atoms with Crippen molar-refractivity contribution in [2.75, 3.05) is 11.9 Å². The molecule has 0 spiro atoms. The van der Waals surface area contributed by atoms with Crippen LogP contribution in [-0.2, 0) is 0 Å². The smallest absolute Gasteiger partial charge is 0.161 e. The van der Waals surface area contributed by atoms with Gasteiger partial charge in [-0.25, -0.2) is 4.39 Å². The van der Waals surface area contributed by atoms with Gasteiger partial charge in [0.1, 0.15) is 5.82 Å². The number of nitrogens with one attached hydrogen (secondary N) is 1. The van der Waals surface area contributed by atoms with Crippen molar-refractivity contribution in [3.63, 3.8) is 0 Å². The molecule has 1 N–H and O–H groups in total. The summed E-state index contributed by atoms with van der Waals surface area (Å²) in [5.74, 6) is 0.518. The Labute approximate surface area is 109 Å². The lowest BCUT2D eigenvalue weighted by molar-refractivity contribution is 0.628. The van der Waals surface area contributed by atoms with Gasteiger partial charge in [-0.05, 0) is 37.0 Å². The Morgan fingerprint density at radius 1 is 1.41 bits per heavy atom. The number of hydrogen-bond acceptors (Lipinski definition) is 3. The first-order valence-electron chi connectivity index (χ1n) is 5.65. The molecule has 0 saturated heterocycles. The van der Waals surface area contributed by atoms with E-state index in [1.807, 2.05) is 0 Å². The van der Waals surface area contributed by atoms with Crippen molar-refractivity contribution in [1.82, 2.24) is 0 Å². The zero-order valence-electron chi connectivity index (χ0n) is 9.12. The molecule has 17 heavy (non-hydrogen) atoms. The molecule has 0 aromatic heterocycles. The molecule has 0 bridgehead atoms. The molecule has 1 unspecified atom stereocenters. The Morgan fingerprint density at radius 2 is 2.24 bits per heavy atom. The fraction of sp³-hybridized carbons (Fsp3) is 0.417. The number of halogens is 2. The Balaban J connectivity index is 1.66. The highest BCUT2D eigenvalue weighted by molar-refractivity contribution is 8.15. The number of nitrogens with zero attached hydrogens (tertiary/aromatic N) is 1. The van der Waals surface area contributed by atoms with Gasteiger partial charge in [-0.15, -0.1) is 0 Å². The van der Waals surface area contributed by atoms with Crippen molar-refractivity contribution in [1.29, 1.82) is 0 Å². The second kappa shape index (κ2) is 4.50. The van der Waals surface area contributed by atoms with Crippen LogP contribution in [0.4, 0.5) is 10.1 Å². The van der Waals surface area contributed by atoms with E-state index in [4.69, 9.17) is 11.6 Å². The first-order valence-corrected chi connectivity index (χ1v) is 6.91. The third-order valence-corrected chi connectivity index (χ3v) is 4.60. The summed E-state index contributed by atoms with van der Waals surface area (Å²) in [6.45, 7) is 0.885. The summed E-state index contributed by atoms with van der Waals surface area (Å²) in [6.07, 6.45) is 2.66. The van der Waals surface area contributed by atoms with Gasteiger partial charge >= 0.3 is 0 Å². The lowest BCUT2D eigenvalue weighted by Crippen LogP contribution is -2.09. The average Bonchev–Trinajstić information content (AvgIpc) is 3.04. The van der Waals surface area contributed by atoms with Crippen LogP contribution in [0.2, 0.25) is 5.02 Å². The molecule has 0 radical (unpaired) electrons. The van der Waals surface area contributed by atoms with E-state index in [0.29, 0.717) is 10.3 Å². The molecule has 2 aliphatic rings. The summed E-state index contributed by atoms with van der Waals surface area (Å²) in [7, 11) is 0. The quantitative estimate of drug-likeness (QED) is 0.885. The maximum absolute atomic E-state index is 12.9. The van der Waals surface area contributed by atoms with Gasteiger partial charge in [0.05, 0.1) is 17.3 Å². The van der Waals surface area contributed by atoms with Crippen molar-refractivity contribution in [2.24, 2.45) is 10.9 Å². The molecule has 2 nitrogen and oxygen atoms in total. The van der Waals surface area contributed by atoms with Crippen LogP contribution >= 0.6 is 23.4 Å². The summed E-state index contributed by atoms with van der Waals surface area (Å²) < 4.78 is 12.9. The fourth-order valence-corrected chi connectivity index (χ4v) is 3.31. The number of hydrogen-bond donors (Lipinski definition) is 1. The Kier molecular flexibility index (Phi) is 3.01. The summed E-state index contributed by atoms with van der Waals surface area (Å²) in [5, 5.41) is 5.08. The molecule has 0 amide bonds. The van der Waals surface area contributed by atoms with E-state index in [1.54, 1.807) is 17.8 Å². The molecule has 1 aromatic carbocycles. The van der Waals surface area contributed by atoms with Gasteiger partial charge in [0.15, 0.2) is 5.17 Å². The van der Waals surface area contributed by atoms with Gasteiger partial charge in [0, 0.05) is 5.25 Å². The second-order valence-corrected chi connectivity index (χ2v) is 6.02. The maximum Gasteiger partial charge on any atom is 0.161 e. The number of amidine groups is 1.